The molecule has 0 spiro atoms. The van der Waals surface area contributed by atoms with Gasteiger partial charge in [-0.25, -0.2) is 9.59 Å². The summed E-state index contributed by atoms with van der Waals surface area (Å²) in [7, 11) is -4.09. The number of carbonyl (C=O) groups excluding carboxylic acids is 3. The third-order valence-corrected chi connectivity index (χ3v) is 4.93. The van der Waals surface area contributed by atoms with Gasteiger partial charge in [0.15, 0.2) is 0 Å². The van der Waals surface area contributed by atoms with Gasteiger partial charge in [0, 0.05) is 11.1 Å². The topological polar surface area (TPSA) is 133 Å². The van der Waals surface area contributed by atoms with Crippen molar-refractivity contribution in [3.63, 3.8) is 0 Å². The standard InChI is InChI=1S/C20H32O9S.Li.H/c1-6-7-10-20(13-28-17(21)15(2)3,14-29-18(22)16(4)5)19(23)27-11-8-9-12-30(24,25)26;;/h2,4,6-14H2,1,3,5H3,(H,24,25,26);;/q;+1;-1. The third-order valence-electron chi connectivity index (χ3n) is 4.13. The zero-order valence-corrected chi connectivity index (χ0v) is 19.7. The summed E-state index contributed by atoms with van der Waals surface area (Å²) >= 11 is 0. The molecule has 0 saturated carbocycles. The first kappa shape index (κ1) is 31.6. The van der Waals surface area contributed by atoms with Gasteiger partial charge < -0.3 is 15.6 Å². The van der Waals surface area contributed by atoms with E-state index in [2.05, 4.69) is 13.2 Å². The fourth-order valence-corrected chi connectivity index (χ4v) is 2.85. The molecule has 0 atom stereocenters. The van der Waals surface area contributed by atoms with Crippen LogP contribution in [0.1, 0.15) is 54.3 Å². The molecular weight excluding hydrogens is 423 g/mol. The van der Waals surface area contributed by atoms with Gasteiger partial charge in [-0.2, -0.15) is 8.42 Å². The second-order valence-electron chi connectivity index (χ2n) is 7.23. The monoisotopic (exact) mass is 456 g/mol. The molecule has 0 bridgehead atoms. The number of esters is 3. The molecule has 174 valence electrons. The Hall–Kier alpha value is -1.60. The molecule has 31 heavy (non-hydrogen) atoms. The van der Waals surface area contributed by atoms with Crippen LogP contribution in [-0.4, -0.2) is 56.5 Å². The van der Waals surface area contributed by atoms with E-state index in [0.29, 0.717) is 6.42 Å². The minimum Gasteiger partial charge on any atom is -1.00 e. The molecule has 0 saturated heterocycles. The third kappa shape index (κ3) is 13.4. The largest absolute Gasteiger partial charge is 1.00 e. The SMILES string of the molecule is C=C(C)C(=O)OCC(CCCC)(COC(=O)C(=C)C)C(=O)OCCCCS(=O)(=O)O.[H-].[Li+]. The maximum absolute atomic E-state index is 12.9. The second kappa shape index (κ2) is 15.2. The summed E-state index contributed by atoms with van der Waals surface area (Å²) in [5.74, 6) is -2.56. The van der Waals surface area contributed by atoms with Crippen LogP contribution < -0.4 is 18.9 Å². The Labute approximate surface area is 198 Å². The van der Waals surface area contributed by atoms with Gasteiger partial charge in [0.2, 0.25) is 0 Å². The number of hydrogen-bond donors (Lipinski definition) is 1. The molecular formula is C20H33LiO9S. The molecule has 0 aromatic rings. The van der Waals surface area contributed by atoms with Gasteiger partial charge in [-0.3, -0.25) is 9.35 Å². The first-order valence-electron chi connectivity index (χ1n) is 9.62. The smallest absolute Gasteiger partial charge is 1.00 e. The van der Waals surface area contributed by atoms with E-state index in [9.17, 15) is 22.8 Å². The van der Waals surface area contributed by atoms with Gasteiger partial charge in [-0.1, -0.05) is 32.9 Å². The van der Waals surface area contributed by atoms with Crippen LogP contribution in [0.3, 0.4) is 0 Å². The van der Waals surface area contributed by atoms with Crippen molar-refractivity contribution < 1.29 is 61.9 Å². The molecule has 0 aliphatic carbocycles. The van der Waals surface area contributed by atoms with E-state index >= 15 is 0 Å². The maximum atomic E-state index is 12.9. The number of hydrogen-bond acceptors (Lipinski definition) is 8. The van der Waals surface area contributed by atoms with Crippen molar-refractivity contribution in [1.82, 2.24) is 0 Å². The molecule has 0 amide bonds. The van der Waals surface area contributed by atoms with Gasteiger partial charge in [-0.05, 0) is 33.1 Å². The minimum atomic E-state index is -4.09. The normalized spacial score (nSPS) is 11.1. The van der Waals surface area contributed by atoms with Gasteiger partial charge in [0.25, 0.3) is 10.1 Å². The molecule has 1 N–H and O–H groups in total. The maximum Gasteiger partial charge on any atom is 1.00 e. The fraction of sp³-hybridized carbons (Fsp3) is 0.650. The number of unbranched alkanes of at least 4 members (excludes halogenated alkanes) is 2. The molecule has 0 unspecified atom stereocenters. The van der Waals surface area contributed by atoms with Crippen LogP contribution in [0.4, 0.5) is 0 Å². The van der Waals surface area contributed by atoms with Crippen molar-refractivity contribution in [3.05, 3.63) is 24.3 Å². The predicted octanol–water partition coefficient (Wildman–Crippen LogP) is -0.271. The Morgan fingerprint density at radius 3 is 1.81 bits per heavy atom. The van der Waals surface area contributed by atoms with Crippen LogP contribution in [0.2, 0.25) is 0 Å². The van der Waals surface area contributed by atoms with E-state index in [1.807, 2.05) is 6.92 Å². The van der Waals surface area contributed by atoms with Crippen LogP contribution in [0.25, 0.3) is 0 Å². The van der Waals surface area contributed by atoms with E-state index < -0.39 is 39.2 Å². The van der Waals surface area contributed by atoms with Crippen LogP contribution in [0.5, 0.6) is 0 Å². The molecule has 0 fully saturated rings. The Morgan fingerprint density at radius 2 is 1.42 bits per heavy atom. The van der Waals surface area contributed by atoms with Crippen LogP contribution in [-0.2, 0) is 38.7 Å². The molecule has 0 aromatic carbocycles. The Kier molecular flexibility index (Phi) is 15.5. The summed E-state index contributed by atoms with van der Waals surface area (Å²) in [5.41, 5.74) is -1.12. The van der Waals surface area contributed by atoms with Crippen molar-refractivity contribution in [2.24, 2.45) is 5.41 Å². The summed E-state index contributed by atoms with van der Waals surface area (Å²) in [6.07, 6.45) is 1.84. The summed E-state index contributed by atoms with van der Waals surface area (Å²) in [6.45, 7) is 11.0. The van der Waals surface area contributed by atoms with Crippen molar-refractivity contribution >= 4 is 28.0 Å². The minimum absolute atomic E-state index is 0. The molecule has 0 aromatic heterocycles. The van der Waals surface area contributed by atoms with Crippen LogP contribution in [0.15, 0.2) is 24.3 Å². The summed E-state index contributed by atoms with van der Waals surface area (Å²) in [5, 5.41) is 0. The van der Waals surface area contributed by atoms with E-state index in [1.165, 1.54) is 13.8 Å². The summed E-state index contributed by atoms with van der Waals surface area (Å²) < 4.78 is 45.9. The number of rotatable bonds is 15. The molecule has 0 heterocycles. The van der Waals surface area contributed by atoms with Crippen LogP contribution >= 0.6 is 0 Å². The number of carbonyl (C=O) groups is 3. The molecule has 0 aliphatic heterocycles. The van der Waals surface area contributed by atoms with E-state index in [4.69, 9.17) is 18.8 Å². The number of ether oxygens (including phenoxy) is 3. The average molecular weight is 456 g/mol. The van der Waals surface area contributed by atoms with E-state index in [0.717, 1.165) is 6.42 Å². The van der Waals surface area contributed by atoms with Gasteiger partial charge in [0.1, 0.15) is 18.6 Å². The Bertz CT molecular complexity index is 720. The zero-order chi connectivity index (χ0) is 23.4. The first-order chi connectivity index (χ1) is 13.8. The molecule has 0 aliphatic rings. The Morgan fingerprint density at radius 1 is 0.935 bits per heavy atom. The second-order valence-corrected chi connectivity index (χ2v) is 8.80. The van der Waals surface area contributed by atoms with Gasteiger partial charge in [-0.15, -0.1) is 0 Å². The van der Waals surface area contributed by atoms with Gasteiger partial charge in [0.05, 0.1) is 12.4 Å². The van der Waals surface area contributed by atoms with E-state index in [1.54, 1.807) is 0 Å². The summed E-state index contributed by atoms with van der Waals surface area (Å²) in [4.78, 5) is 36.6. The predicted molar refractivity (Wildman–Crippen MR) is 111 cm³/mol. The molecule has 0 rings (SSSR count). The van der Waals surface area contributed by atoms with Crippen molar-refractivity contribution in [3.8, 4) is 0 Å². The van der Waals surface area contributed by atoms with Crippen molar-refractivity contribution in [2.75, 3.05) is 25.6 Å². The molecule has 0 radical (unpaired) electrons. The zero-order valence-electron chi connectivity index (χ0n) is 19.9. The van der Waals surface area contributed by atoms with E-state index in [-0.39, 0.29) is 70.5 Å². The average Bonchev–Trinajstić information content (AvgIpc) is 2.65. The van der Waals surface area contributed by atoms with Crippen molar-refractivity contribution in [1.29, 1.82) is 0 Å². The van der Waals surface area contributed by atoms with Crippen LogP contribution in [0, 0.1) is 5.41 Å². The Balaban J connectivity index is -0.00000420. The molecule has 9 nitrogen and oxygen atoms in total. The quantitative estimate of drug-likeness (QED) is 0.0883. The fourth-order valence-electron chi connectivity index (χ4n) is 2.28. The van der Waals surface area contributed by atoms with Crippen molar-refractivity contribution in [2.45, 2.75) is 52.9 Å². The summed E-state index contributed by atoms with van der Waals surface area (Å²) in [6, 6.07) is 0. The van der Waals surface area contributed by atoms with Gasteiger partial charge >= 0.3 is 36.8 Å². The first-order valence-corrected chi connectivity index (χ1v) is 11.2. The molecule has 11 heteroatoms.